The third kappa shape index (κ3) is 1.86. The zero-order valence-electron chi connectivity index (χ0n) is 9.91. The lowest BCUT2D eigenvalue weighted by atomic mass is 10.1. The van der Waals surface area contributed by atoms with Gasteiger partial charge in [0.25, 0.3) is 0 Å². The van der Waals surface area contributed by atoms with E-state index in [-0.39, 0.29) is 12.1 Å². The minimum Gasteiger partial charge on any atom is -0.348 e. The summed E-state index contributed by atoms with van der Waals surface area (Å²) in [7, 11) is 0. The highest BCUT2D eigenvalue weighted by Crippen LogP contribution is 2.26. The van der Waals surface area contributed by atoms with Crippen LogP contribution in [0.1, 0.15) is 18.7 Å². The molecule has 1 unspecified atom stereocenters. The van der Waals surface area contributed by atoms with Gasteiger partial charge in [0.1, 0.15) is 5.51 Å². The molecule has 0 saturated heterocycles. The van der Waals surface area contributed by atoms with Crippen LogP contribution < -0.4 is 5.32 Å². The van der Waals surface area contributed by atoms with Gasteiger partial charge < -0.3 is 9.47 Å². The van der Waals surface area contributed by atoms with Crippen LogP contribution in [0.3, 0.4) is 0 Å². The number of hydrogen-bond donors (Lipinski definition) is 1. The lowest BCUT2D eigenvalue weighted by molar-refractivity contribution is 0.175. The smallest absolute Gasteiger partial charge is 0.324 e. The summed E-state index contributed by atoms with van der Waals surface area (Å²) < 4.78 is 2.18. The van der Waals surface area contributed by atoms with Crippen LogP contribution in [-0.2, 0) is 6.54 Å². The van der Waals surface area contributed by atoms with Crippen molar-refractivity contribution >= 4 is 22.5 Å². The van der Waals surface area contributed by atoms with Crippen LogP contribution in [0.5, 0.6) is 0 Å². The van der Waals surface area contributed by atoms with Crippen LogP contribution in [0.25, 0.3) is 0 Å². The van der Waals surface area contributed by atoms with E-state index < -0.39 is 0 Å². The Morgan fingerprint density at radius 3 is 3.22 bits per heavy atom. The Hall–Kier alpha value is -1.89. The highest BCUT2D eigenvalue weighted by Gasteiger charge is 2.27. The molecule has 3 heterocycles. The van der Waals surface area contributed by atoms with Crippen molar-refractivity contribution in [2.24, 2.45) is 0 Å². The van der Waals surface area contributed by atoms with Gasteiger partial charge in [0.05, 0.1) is 6.04 Å². The molecule has 0 spiro atoms. The molecule has 1 atom stereocenters. The molecule has 1 N–H and O–H groups in total. The third-order valence-corrected chi connectivity index (χ3v) is 3.78. The monoisotopic (exact) mass is 263 g/mol. The Bertz CT molecular complexity index is 550. The average molecular weight is 263 g/mol. The van der Waals surface area contributed by atoms with Crippen LogP contribution in [0.2, 0.25) is 0 Å². The van der Waals surface area contributed by atoms with Gasteiger partial charge in [0, 0.05) is 25.0 Å². The highest BCUT2D eigenvalue weighted by molar-refractivity contribution is 7.13. The number of amides is 2. The molecule has 1 aliphatic rings. The van der Waals surface area contributed by atoms with E-state index in [4.69, 9.17) is 0 Å². The van der Waals surface area contributed by atoms with Crippen LogP contribution >= 0.6 is 11.3 Å². The van der Waals surface area contributed by atoms with Gasteiger partial charge in [0.15, 0.2) is 0 Å². The molecule has 3 rings (SSSR count). The molecule has 18 heavy (non-hydrogen) atoms. The minimum atomic E-state index is -0.119. The molecule has 2 aromatic rings. The van der Waals surface area contributed by atoms with E-state index in [1.54, 1.807) is 5.51 Å². The number of carbonyl (C=O) groups is 1. The number of nitrogens with zero attached hydrogens (tertiary/aromatic N) is 4. The van der Waals surface area contributed by atoms with Crippen LogP contribution in [0, 0.1) is 0 Å². The molecule has 7 heteroatoms. The van der Waals surface area contributed by atoms with Gasteiger partial charge in [-0.05, 0) is 19.1 Å². The van der Waals surface area contributed by atoms with Gasteiger partial charge in [-0.15, -0.1) is 10.2 Å². The molecule has 0 aliphatic carbocycles. The first kappa shape index (κ1) is 11.2. The van der Waals surface area contributed by atoms with E-state index in [0.717, 1.165) is 12.2 Å². The number of urea groups is 1. The second kappa shape index (κ2) is 4.41. The lowest BCUT2D eigenvalue weighted by Crippen LogP contribution is -2.42. The Morgan fingerprint density at radius 2 is 2.44 bits per heavy atom. The SMILES string of the molecule is CC1c2cccn2CCN1C(=O)Nc1nncs1. The summed E-state index contributed by atoms with van der Waals surface area (Å²) in [6, 6.07) is 4.01. The van der Waals surface area contributed by atoms with Crippen LogP contribution in [0.15, 0.2) is 23.8 Å². The number of anilines is 1. The Balaban J connectivity index is 1.76. The zero-order valence-corrected chi connectivity index (χ0v) is 10.7. The molecule has 0 saturated carbocycles. The minimum absolute atomic E-state index is 0.0710. The summed E-state index contributed by atoms with van der Waals surface area (Å²) in [4.78, 5) is 14.0. The maximum atomic E-state index is 12.2. The second-order valence-corrected chi connectivity index (χ2v) is 5.00. The van der Waals surface area contributed by atoms with Crippen molar-refractivity contribution in [2.75, 3.05) is 11.9 Å². The fourth-order valence-corrected chi connectivity index (χ4v) is 2.68. The standard InChI is InChI=1S/C11H13N5OS/c1-8-9-3-2-4-15(9)5-6-16(8)11(17)13-10-14-12-7-18-10/h2-4,7-8H,5-6H2,1H3,(H,13,14,17). The van der Waals surface area contributed by atoms with E-state index in [1.165, 1.54) is 11.3 Å². The van der Waals surface area contributed by atoms with Crippen LogP contribution in [0.4, 0.5) is 9.93 Å². The molecule has 94 valence electrons. The first-order chi connectivity index (χ1) is 8.75. The maximum Gasteiger partial charge on any atom is 0.324 e. The number of hydrogen-bond acceptors (Lipinski definition) is 4. The molecule has 0 fully saturated rings. The average Bonchev–Trinajstić information content (AvgIpc) is 2.99. The summed E-state index contributed by atoms with van der Waals surface area (Å²) in [5.41, 5.74) is 2.76. The zero-order chi connectivity index (χ0) is 12.5. The van der Waals surface area contributed by atoms with Crippen molar-refractivity contribution in [2.45, 2.75) is 19.5 Å². The lowest BCUT2D eigenvalue weighted by Gasteiger charge is -2.34. The van der Waals surface area contributed by atoms with E-state index in [1.807, 2.05) is 24.1 Å². The topological polar surface area (TPSA) is 63.1 Å². The number of fused-ring (bicyclic) bond motifs is 1. The Morgan fingerprint density at radius 1 is 1.56 bits per heavy atom. The van der Waals surface area contributed by atoms with E-state index in [2.05, 4.69) is 26.1 Å². The third-order valence-electron chi connectivity index (χ3n) is 3.18. The normalized spacial score (nSPS) is 18.5. The first-order valence-electron chi connectivity index (χ1n) is 5.74. The van der Waals surface area contributed by atoms with Crippen molar-refractivity contribution in [3.05, 3.63) is 29.5 Å². The van der Waals surface area contributed by atoms with Gasteiger partial charge in [-0.25, -0.2) is 4.79 Å². The van der Waals surface area contributed by atoms with Gasteiger partial charge in [-0.2, -0.15) is 0 Å². The number of aromatic nitrogens is 3. The summed E-state index contributed by atoms with van der Waals surface area (Å²) in [5.74, 6) is 0. The van der Waals surface area contributed by atoms with Crippen molar-refractivity contribution < 1.29 is 4.79 Å². The molecule has 2 amide bonds. The van der Waals surface area contributed by atoms with Gasteiger partial charge in [0.2, 0.25) is 5.13 Å². The molecular weight excluding hydrogens is 250 g/mol. The number of rotatable bonds is 1. The summed E-state index contributed by atoms with van der Waals surface area (Å²) in [5, 5.41) is 10.8. The maximum absolute atomic E-state index is 12.2. The molecule has 0 bridgehead atoms. The van der Waals surface area contributed by atoms with E-state index >= 15 is 0 Å². The molecule has 0 radical (unpaired) electrons. The van der Waals surface area contributed by atoms with Crippen molar-refractivity contribution in [1.29, 1.82) is 0 Å². The summed E-state index contributed by atoms with van der Waals surface area (Å²) >= 11 is 1.32. The van der Waals surface area contributed by atoms with Crippen molar-refractivity contribution in [1.82, 2.24) is 19.7 Å². The number of carbonyl (C=O) groups excluding carboxylic acids is 1. The van der Waals surface area contributed by atoms with Crippen LogP contribution in [-0.4, -0.2) is 32.2 Å². The van der Waals surface area contributed by atoms with Crippen molar-refractivity contribution in [3.63, 3.8) is 0 Å². The molecular formula is C11H13N5OS. The van der Waals surface area contributed by atoms with Gasteiger partial charge >= 0.3 is 6.03 Å². The fourth-order valence-electron chi connectivity index (χ4n) is 2.25. The van der Waals surface area contributed by atoms with E-state index in [9.17, 15) is 4.79 Å². The largest absolute Gasteiger partial charge is 0.348 e. The molecule has 1 aliphatic heterocycles. The quantitative estimate of drug-likeness (QED) is 0.855. The Labute approximate surface area is 108 Å². The van der Waals surface area contributed by atoms with E-state index in [0.29, 0.717) is 11.7 Å². The predicted molar refractivity (Wildman–Crippen MR) is 68.5 cm³/mol. The molecule has 6 nitrogen and oxygen atoms in total. The molecule has 2 aromatic heterocycles. The summed E-state index contributed by atoms with van der Waals surface area (Å²) in [6.45, 7) is 3.56. The van der Waals surface area contributed by atoms with Gasteiger partial charge in [-0.3, -0.25) is 5.32 Å². The number of nitrogens with one attached hydrogen (secondary N) is 1. The molecule has 0 aromatic carbocycles. The predicted octanol–water partition coefficient (Wildman–Crippen LogP) is 1.95. The second-order valence-electron chi connectivity index (χ2n) is 4.17. The first-order valence-corrected chi connectivity index (χ1v) is 6.62. The fraction of sp³-hybridized carbons (Fsp3) is 0.364. The summed E-state index contributed by atoms with van der Waals surface area (Å²) in [6.07, 6.45) is 2.05. The Kier molecular flexibility index (Phi) is 2.75. The van der Waals surface area contributed by atoms with Gasteiger partial charge in [-0.1, -0.05) is 11.3 Å². The highest BCUT2D eigenvalue weighted by atomic mass is 32.1. The van der Waals surface area contributed by atoms with Crippen molar-refractivity contribution in [3.8, 4) is 0 Å².